The zero-order valence-electron chi connectivity index (χ0n) is 10.1. The Morgan fingerprint density at radius 2 is 2.00 bits per heavy atom. The summed E-state index contributed by atoms with van der Waals surface area (Å²) in [5.74, 6) is 0.0428. The van der Waals surface area contributed by atoms with Crippen molar-refractivity contribution in [2.75, 3.05) is 11.4 Å². The molecule has 0 aliphatic rings. The molecule has 1 amide bonds. The normalized spacial score (nSPS) is 11.2. The summed E-state index contributed by atoms with van der Waals surface area (Å²) in [6.45, 7) is 6.29. The van der Waals surface area contributed by atoms with Crippen molar-refractivity contribution in [3.63, 3.8) is 0 Å². The van der Waals surface area contributed by atoms with Gasteiger partial charge < -0.3 is 10.6 Å². The number of aromatic nitrogens is 1. The van der Waals surface area contributed by atoms with Crippen LogP contribution in [0.1, 0.15) is 27.2 Å². The Hall–Kier alpha value is -1.42. The van der Waals surface area contributed by atoms with Crippen molar-refractivity contribution in [3.8, 4) is 0 Å². The topological polar surface area (TPSA) is 59.2 Å². The monoisotopic (exact) mass is 221 g/mol. The molecule has 1 aromatic rings. The van der Waals surface area contributed by atoms with Crippen LogP contribution in [0.25, 0.3) is 0 Å². The largest absolute Gasteiger partial charge is 0.325 e. The van der Waals surface area contributed by atoms with Crippen molar-refractivity contribution in [3.05, 3.63) is 24.5 Å². The highest BCUT2D eigenvalue weighted by Crippen LogP contribution is 2.15. The van der Waals surface area contributed by atoms with E-state index in [2.05, 4.69) is 4.98 Å². The summed E-state index contributed by atoms with van der Waals surface area (Å²) in [4.78, 5) is 17.7. The van der Waals surface area contributed by atoms with E-state index in [1.54, 1.807) is 17.3 Å². The first-order chi connectivity index (χ1) is 7.44. The van der Waals surface area contributed by atoms with Crippen LogP contribution in [0.3, 0.4) is 0 Å². The first kappa shape index (κ1) is 12.6. The van der Waals surface area contributed by atoms with E-state index in [9.17, 15) is 4.79 Å². The van der Waals surface area contributed by atoms with E-state index in [1.165, 1.54) is 0 Å². The molecular formula is C12H19N3O. The van der Waals surface area contributed by atoms with Crippen LogP contribution in [0.15, 0.2) is 24.5 Å². The van der Waals surface area contributed by atoms with E-state index in [4.69, 9.17) is 5.73 Å². The predicted molar refractivity (Wildman–Crippen MR) is 65.1 cm³/mol. The molecule has 0 aliphatic heterocycles. The predicted octanol–water partition coefficient (Wildman–Crippen LogP) is 1.56. The van der Waals surface area contributed by atoms with Crippen LogP contribution in [0.2, 0.25) is 0 Å². The number of nitrogens with zero attached hydrogens (tertiary/aromatic N) is 2. The van der Waals surface area contributed by atoms with Gasteiger partial charge in [0.2, 0.25) is 5.91 Å². The SMILES string of the molecule is CCN(C(=O)CC(C)(C)N)c1ccncc1. The zero-order chi connectivity index (χ0) is 12.2. The first-order valence-electron chi connectivity index (χ1n) is 5.43. The quantitative estimate of drug-likeness (QED) is 0.839. The van der Waals surface area contributed by atoms with E-state index in [0.29, 0.717) is 13.0 Å². The van der Waals surface area contributed by atoms with Crippen molar-refractivity contribution >= 4 is 11.6 Å². The second-order valence-corrected chi connectivity index (χ2v) is 4.51. The minimum atomic E-state index is -0.475. The van der Waals surface area contributed by atoms with Gasteiger partial charge in [0, 0.05) is 36.6 Å². The Morgan fingerprint density at radius 1 is 1.44 bits per heavy atom. The van der Waals surface area contributed by atoms with Gasteiger partial charge in [0.05, 0.1) is 0 Å². The van der Waals surface area contributed by atoms with Crippen molar-refractivity contribution in [2.24, 2.45) is 5.73 Å². The molecule has 1 rings (SSSR count). The third kappa shape index (κ3) is 3.62. The van der Waals surface area contributed by atoms with Crippen LogP contribution in [-0.2, 0) is 4.79 Å². The van der Waals surface area contributed by atoms with Crippen molar-refractivity contribution in [1.82, 2.24) is 4.98 Å². The first-order valence-corrected chi connectivity index (χ1v) is 5.43. The molecular weight excluding hydrogens is 202 g/mol. The number of carbonyl (C=O) groups is 1. The number of hydrogen-bond acceptors (Lipinski definition) is 3. The summed E-state index contributed by atoms with van der Waals surface area (Å²) >= 11 is 0. The second kappa shape index (κ2) is 5.07. The lowest BCUT2D eigenvalue weighted by Gasteiger charge is -2.25. The van der Waals surface area contributed by atoms with Gasteiger partial charge in [0.15, 0.2) is 0 Å². The lowest BCUT2D eigenvalue weighted by atomic mass is 10.0. The van der Waals surface area contributed by atoms with Gasteiger partial charge in [-0.05, 0) is 32.9 Å². The molecule has 0 atom stereocenters. The number of carbonyl (C=O) groups excluding carboxylic acids is 1. The Balaban J connectivity index is 2.80. The number of rotatable bonds is 4. The van der Waals surface area contributed by atoms with Gasteiger partial charge in [-0.1, -0.05) is 0 Å². The van der Waals surface area contributed by atoms with Crippen molar-refractivity contribution in [1.29, 1.82) is 0 Å². The van der Waals surface area contributed by atoms with E-state index in [0.717, 1.165) is 5.69 Å². The number of anilines is 1. The molecule has 2 N–H and O–H groups in total. The molecule has 0 spiro atoms. The smallest absolute Gasteiger partial charge is 0.228 e. The minimum Gasteiger partial charge on any atom is -0.325 e. The van der Waals surface area contributed by atoms with E-state index in [-0.39, 0.29) is 5.91 Å². The Labute approximate surface area is 96.5 Å². The molecule has 4 heteroatoms. The highest BCUT2D eigenvalue weighted by molar-refractivity contribution is 5.93. The van der Waals surface area contributed by atoms with Crippen LogP contribution in [0.5, 0.6) is 0 Å². The van der Waals surface area contributed by atoms with Gasteiger partial charge in [-0.15, -0.1) is 0 Å². The van der Waals surface area contributed by atoms with E-state index in [1.807, 2.05) is 32.9 Å². The second-order valence-electron chi connectivity index (χ2n) is 4.51. The summed E-state index contributed by atoms with van der Waals surface area (Å²) in [7, 11) is 0. The molecule has 0 aromatic carbocycles. The van der Waals surface area contributed by atoms with Gasteiger partial charge >= 0.3 is 0 Å². The van der Waals surface area contributed by atoms with Crippen LogP contribution in [0, 0.1) is 0 Å². The molecule has 88 valence electrons. The average Bonchev–Trinajstić information content (AvgIpc) is 2.17. The maximum absolute atomic E-state index is 12.0. The molecule has 0 radical (unpaired) electrons. The lowest BCUT2D eigenvalue weighted by molar-refractivity contribution is -0.119. The van der Waals surface area contributed by atoms with Crippen LogP contribution < -0.4 is 10.6 Å². The maximum Gasteiger partial charge on any atom is 0.228 e. The molecule has 0 saturated heterocycles. The molecule has 0 fully saturated rings. The lowest BCUT2D eigenvalue weighted by Crippen LogP contribution is -2.41. The Kier molecular flexibility index (Phi) is 4.01. The Morgan fingerprint density at radius 3 is 2.44 bits per heavy atom. The molecule has 0 bridgehead atoms. The fourth-order valence-electron chi connectivity index (χ4n) is 1.51. The number of amides is 1. The fraction of sp³-hybridized carbons (Fsp3) is 0.500. The van der Waals surface area contributed by atoms with Gasteiger partial charge in [-0.3, -0.25) is 9.78 Å². The van der Waals surface area contributed by atoms with Crippen LogP contribution in [-0.4, -0.2) is 23.0 Å². The third-order valence-corrected chi connectivity index (χ3v) is 2.20. The molecule has 0 saturated carbocycles. The molecule has 0 aliphatic carbocycles. The zero-order valence-corrected chi connectivity index (χ0v) is 10.1. The fourth-order valence-corrected chi connectivity index (χ4v) is 1.51. The number of hydrogen-bond donors (Lipinski definition) is 1. The summed E-state index contributed by atoms with van der Waals surface area (Å²) in [6.07, 6.45) is 3.70. The van der Waals surface area contributed by atoms with E-state index >= 15 is 0 Å². The summed E-state index contributed by atoms with van der Waals surface area (Å²) in [5.41, 5.74) is 6.24. The Bertz CT molecular complexity index is 343. The van der Waals surface area contributed by atoms with E-state index < -0.39 is 5.54 Å². The van der Waals surface area contributed by atoms with Crippen molar-refractivity contribution < 1.29 is 4.79 Å². The van der Waals surface area contributed by atoms with Crippen LogP contribution >= 0.6 is 0 Å². The molecule has 0 unspecified atom stereocenters. The highest BCUT2D eigenvalue weighted by Gasteiger charge is 2.21. The highest BCUT2D eigenvalue weighted by atomic mass is 16.2. The maximum atomic E-state index is 12.0. The molecule has 1 aromatic heterocycles. The third-order valence-electron chi connectivity index (χ3n) is 2.20. The molecule has 1 heterocycles. The molecule has 16 heavy (non-hydrogen) atoms. The minimum absolute atomic E-state index is 0.0428. The summed E-state index contributed by atoms with van der Waals surface area (Å²) in [5, 5.41) is 0. The van der Waals surface area contributed by atoms with Crippen LogP contribution in [0.4, 0.5) is 5.69 Å². The van der Waals surface area contributed by atoms with Gasteiger partial charge in [-0.2, -0.15) is 0 Å². The average molecular weight is 221 g/mol. The summed E-state index contributed by atoms with van der Waals surface area (Å²) < 4.78 is 0. The summed E-state index contributed by atoms with van der Waals surface area (Å²) in [6, 6.07) is 3.65. The number of nitrogens with two attached hydrogens (primary N) is 1. The molecule has 4 nitrogen and oxygen atoms in total. The number of pyridine rings is 1. The van der Waals surface area contributed by atoms with Gasteiger partial charge in [0.25, 0.3) is 0 Å². The van der Waals surface area contributed by atoms with Gasteiger partial charge in [0.1, 0.15) is 0 Å². The van der Waals surface area contributed by atoms with Gasteiger partial charge in [-0.25, -0.2) is 0 Å². The standard InChI is InChI=1S/C12H19N3O/c1-4-15(10-5-7-14-8-6-10)11(16)9-12(2,3)13/h5-8H,4,9,13H2,1-3H3. The van der Waals surface area contributed by atoms with Crippen molar-refractivity contribution in [2.45, 2.75) is 32.7 Å².